The predicted octanol–water partition coefficient (Wildman–Crippen LogP) is 1.18. The quantitative estimate of drug-likeness (QED) is 0.755. The van der Waals surface area contributed by atoms with E-state index in [9.17, 15) is 4.79 Å². The van der Waals surface area contributed by atoms with Gasteiger partial charge < -0.3 is 10.4 Å². The summed E-state index contributed by atoms with van der Waals surface area (Å²) in [5.74, 6) is -0.287. The number of fused-ring (bicyclic) bond motifs is 1. The van der Waals surface area contributed by atoms with E-state index in [1.807, 2.05) is 23.6 Å². The molecule has 0 aromatic carbocycles. The molecule has 6 nitrogen and oxygen atoms in total. The van der Waals surface area contributed by atoms with E-state index in [4.69, 9.17) is 5.11 Å². The minimum Gasteiger partial charge on any atom is -0.395 e. The lowest BCUT2D eigenvalue weighted by atomic mass is 10.3. The van der Waals surface area contributed by atoms with Crippen LogP contribution < -0.4 is 5.32 Å². The van der Waals surface area contributed by atoms with Crippen molar-refractivity contribution < 1.29 is 9.90 Å². The molecule has 3 aromatic rings. The van der Waals surface area contributed by atoms with Crippen LogP contribution in [0, 0.1) is 0 Å². The first-order chi connectivity index (χ1) is 9.81. The summed E-state index contributed by atoms with van der Waals surface area (Å²) < 4.78 is 1.65. The average Bonchev–Trinajstić information content (AvgIpc) is 3.13. The van der Waals surface area contributed by atoms with Gasteiger partial charge in [-0.3, -0.25) is 4.79 Å². The van der Waals surface area contributed by atoms with Crippen LogP contribution in [0.3, 0.4) is 0 Å². The van der Waals surface area contributed by atoms with Crippen LogP contribution >= 0.6 is 11.3 Å². The molecule has 0 unspecified atom stereocenters. The van der Waals surface area contributed by atoms with Crippen LogP contribution in [0.25, 0.3) is 16.2 Å². The van der Waals surface area contributed by atoms with E-state index in [1.54, 1.807) is 22.0 Å². The molecule has 1 amide bonds. The molecule has 0 aliphatic heterocycles. The van der Waals surface area contributed by atoms with Crippen molar-refractivity contribution in [1.82, 2.24) is 19.9 Å². The lowest BCUT2D eigenvalue weighted by Crippen LogP contribution is -2.26. The first-order valence-corrected chi connectivity index (χ1v) is 6.95. The van der Waals surface area contributed by atoms with Gasteiger partial charge in [0.15, 0.2) is 5.65 Å². The van der Waals surface area contributed by atoms with Crippen molar-refractivity contribution >= 4 is 22.9 Å². The third kappa shape index (κ3) is 2.17. The molecule has 20 heavy (non-hydrogen) atoms. The Morgan fingerprint density at radius 3 is 3.10 bits per heavy atom. The Labute approximate surface area is 118 Å². The molecule has 0 aliphatic carbocycles. The maximum Gasteiger partial charge on any atom is 0.256 e. The largest absolute Gasteiger partial charge is 0.395 e. The van der Waals surface area contributed by atoms with Crippen molar-refractivity contribution in [3.8, 4) is 10.6 Å². The molecule has 0 atom stereocenters. The molecular weight excluding hydrogens is 276 g/mol. The summed E-state index contributed by atoms with van der Waals surface area (Å²) in [4.78, 5) is 17.2. The van der Waals surface area contributed by atoms with Gasteiger partial charge in [-0.05, 0) is 17.5 Å². The molecule has 0 fully saturated rings. The molecular formula is C13H12N4O2S. The first kappa shape index (κ1) is 12.8. The van der Waals surface area contributed by atoms with E-state index in [0.29, 0.717) is 11.2 Å². The molecule has 102 valence electrons. The van der Waals surface area contributed by atoms with Gasteiger partial charge in [0.1, 0.15) is 5.56 Å². The molecule has 3 aromatic heterocycles. The van der Waals surface area contributed by atoms with Gasteiger partial charge in [0.05, 0.1) is 23.4 Å². The highest BCUT2D eigenvalue weighted by molar-refractivity contribution is 7.13. The normalized spacial score (nSPS) is 10.8. The van der Waals surface area contributed by atoms with Crippen LogP contribution in [0.4, 0.5) is 0 Å². The second kappa shape index (κ2) is 5.40. The molecule has 0 radical (unpaired) electrons. The number of hydrogen-bond donors (Lipinski definition) is 2. The van der Waals surface area contributed by atoms with Gasteiger partial charge in [0, 0.05) is 12.7 Å². The van der Waals surface area contributed by atoms with Crippen molar-refractivity contribution in [2.45, 2.75) is 0 Å². The zero-order valence-electron chi connectivity index (χ0n) is 10.5. The van der Waals surface area contributed by atoms with Crippen molar-refractivity contribution in [2.75, 3.05) is 13.2 Å². The molecule has 3 heterocycles. The number of aliphatic hydroxyl groups excluding tert-OH is 1. The van der Waals surface area contributed by atoms with Gasteiger partial charge >= 0.3 is 0 Å². The van der Waals surface area contributed by atoms with Crippen molar-refractivity contribution in [3.05, 3.63) is 41.5 Å². The van der Waals surface area contributed by atoms with Gasteiger partial charge in [-0.15, -0.1) is 11.3 Å². The highest BCUT2D eigenvalue weighted by atomic mass is 32.1. The zero-order valence-corrected chi connectivity index (χ0v) is 11.3. The fraction of sp³-hybridized carbons (Fsp3) is 0.154. The number of carbonyl (C=O) groups is 1. The number of rotatable bonds is 4. The molecule has 0 spiro atoms. The Hall–Kier alpha value is -2.25. The van der Waals surface area contributed by atoms with Crippen molar-refractivity contribution in [1.29, 1.82) is 0 Å². The molecule has 0 saturated carbocycles. The Balaban J connectivity index is 2.06. The second-order valence-electron chi connectivity index (χ2n) is 4.08. The fourth-order valence-electron chi connectivity index (χ4n) is 1.93. The summed E-state index contributed by atoms with van der Waals surface area (Å²) in [6.45, 7) is 0.111. The first-order valence-electron chi connectivity index (χ1n) is 6.07. The van der Waals surface area contributed by atoms with Crippen molar-refractivity contribution in [2.24, 2.45) is 0 Å². The molecule has 7 heteroatoms. The lowest BCUT2D eigenvalue weighted by molar-refractivity contribution is 0.0946. The Morgan fingerprint density at radius 1 is 1.45 bits per heavy atom. The standard InChI is InChI=1S/C13H12N4O2S/c18-6-5-15-13(19)9-8-16-17-10(3-4-14-12(9)17)11-2-1-7-20-11/h1-4,7-8,18H,5-6H2,(H,15,19). The van der Waals surface area contributed by atoms with E-state index in [2.05, 4.69) is 15.4 Å². The summed E-state index contributed by atoms with van der Waals surface area (Å²) in [5.41, 5.74) is 1.80. The summed E-state index contributed by atoms with van der Waals surface area (Å²) in [6.07, 6.45) is 3.15. The molecule has 0 saturated heterocycles. The Bertz CT molecular complexity index is 736. The lowest BCUT2D eigenvalue weighted by Gasteiger charge is -2.03. The highest BCUT2D eigenvalue weighted by Gasteiger charge is 2.15. The Morgan fingerprint density at radius 2 is 2.35 bits per heavy atom. The Kier molecular flexibility index (Phi) is 3.44. The van der Waals surface area contributed by atoms with E-state index in [-0.39, 0.29) is 19.1 Å². The second-order valence-corrected chi connectivity index (χ2v) is 5.03. The predicted molar refractivity (Wildman–Crippen MR) is 75.7 cm³/mol. The van der Waals surface area contributed by atoms with E-state index in [1.165, 1.54) is 6.20 Å². The topological polar surface area (TPSA) is 79.5 Å². The third-order valence-corrected chi connectivity index (χ3v) is 3.71. The van der Waals surface area contributed by atoms with Gasteiger partial charge in [0.25, 0.3) is 5.91 Å². The number of aliphatic hydroxyl groups is 1. The van der Waals surface area contributed by atoms with E-state index < -0.39 is 0 Å². The number of thiophene rings is 1. The zero-order chi connectivity index (χ0) is 13.9. The third-order valence-electron chi connectivity index (χ3n) is 2.82. The van der Waals surface area contributed by atoms with Crippen LogP contribution in [-0.4, -0.2) is 38.8 Å². The number of nitrogens with zero attached hydrogens (tertiary/aromatic N) is 3. The van der Waals surface area contributed by atoms with Gasteiger partial charge in [-0.2, -0.15) is 5.10 Å². The van der Waals surface area contributed by atoms with Gasteiger partial charge in [-0.1, -0.05) is 6.07 Å². The minimum atomic E-state index is -0.287. The summed E-state index contributed by atoms with van der Waals surface area (Å²) in [6, 6.07) is 5.82. The maximum atomic E-state index is 12.0. The SMILES string of the molecule is O=C(NCCO)c1cnn2c(-c3cccs3)ccnc12. The number of carbonyl (C=O) groups excluding carboxylic acids is 1. The summed E-state index contributed by atoms with van der Waals surface area (Å²) in [5, 5.41) is 17.6. The van der Waals surface area contributed by atoms with Gasteiger partial charge in [-0.25, -0.2) is 9.50 Å². The average molecular weight is 288 g/mol. The molecule has 2 N–H and O–H groups in total. The molecule has 0 aliphatic rings. The van der Waals surface area contributed by atoms with Crippen molar-refractivity contribution in [3.63, 3.8) is 0 Å². The number of aromatic nitrogens is 3. The van der Waals surface area contributed by atoms with Crippen LogP contribution in [0.2, 0.25) is 0 Å². The minimum absolute atomic E-state index is 0.0984. The van der Waals surface area contributed by atoms with E-state index in [0.717, 1.165) is 10.6 Å². The van der Waals surface area contributed by atoms with Crippen LogP contribution in [0.1, 0.15) is 10.4 Å². The van der Waals surface area contributed by atoms with Crippen LogP contribution in [0.15, 0.2) is 36.0 Å². The highest BCUT2D eigenvalue weighted by Crippen LogP contribution is 2.25. The van der Waals surface area contributed by atoms with Crippen LogP contribution in [-0.2, 0) is 0 Å². The monoisotopic (exact) mass is 288 g/mol. The smallest absolute Gasteiger partial charge is 0.256 e. The summed E-state index contributed by atoms with van der Waals surface area (Å²) >= 11 is 1.60. The number of nitrogens with one attached hydrogen (secondary N) is 1. The molecule has 0 bridgehead atoms. The number of amides is 1. The van der Waals surface area contributed by atoms with Gasteiger partial charge in [0.2, 0.25) is 0 Å². The maximum absolute atomic E-state index is 12.0. The molecule has 3 rings (SSSR count). The van der Waals surface area contributed by atoms with Crippen LogP contribution in [0.5, 0.6) is 0 Å². The van der Waals surface area contributed by atoms with E-state index >= 15 is 0 Å². The summed E-state index contributed by atoms with van der Waals surface area (Å²) in [7, 11) is 0. The number of hydrogen-bond acceptors (Lipinski definition) is 5. The fourth-order valence-corrected chi connectivity index (χ4v) is 2.66.